The molecule has 1 aromatic rings. The second-order valence-electron chi connectivity index (χ2n) is 5.53. The molecule has 2 rings (SSSR count). The van der Waals surface area contributed by atoms with E-state index >= 15 is 0 Å². The minimum atomic E-state index is 0.906. The molecule has 0 atom stereocenters. The first-order valence-corrected chi connectivity index (χ1v) is 7.37. The van der Waals surface area contributed by atoms with Crippen molar-refractivity contribution < 1.29 is 0 Å². The van der Waals surface area contributed by atoms with Gasteiger partial charge in [-0.25, -0.2) is 0 Å². The van der Waals surface area contributed by atoms with Crippen LogP contribution in [-0.4, -0.2) is 0 Å². The van der Waals surface area contributed by atoms with Gasteiger partial charge in [0.2, 0.25) is 0 Å². The summed E-state index contributed by atoms with van der Waals surface area (Å²) >= 11 is 0. The SMILES string of the molecule is C=C/C=C\C(=C)c1ccc(CC2CCCCC2)cc1. The predicted molar refractivity (Wildman–Crippen MR) is 85.1 cm³/mol. The molecule has 0 bridgehead atoms. The first kappa shape index (κ1) is 13.9. The van der Waals surface area contributed by atoms with Crippen LogP contribution in [0.15, 0.2) is 55.7 Å². The molecule has 0 unspecified atom stereocenters. The Kier molecular flexibility index (Phi) is 5.20. The Balaban J connectivity index is 1.95. The Morgan fingerprint density at radius 1 is 1.11 bits per heavy atom. The summed E-state index contributed by atoms with van der Waals surface area (Å²) in [6.07, 6.45) is 14.1. The van der Waals surface area contributed by atoms with Gasteiger partial charge in [0.1, 0.15) is 0 Å². The molecule has 0 aliphatic heterocycles. The molecular formula is C19H24. The third kappa shape index (κ3) is 4.24. The Morgan fingerprint density at radius 3 is 2.42 bits per heavy atom. The van der Waals surface area contributed by atoms with E-state index in [9.17, 15) is 0 Å². The Bertz CT molecular complexity index is 441. The van der Waals surface area contributed by atoms with Gasteiger partial charge in [-0.2, -0.15) is 0 Å². The monoisotopic (exact) mass is 252 g/mol. The van der Waals surface area contributed by atoms with Crippen LogP contribution in [0.3, 0.4) is 0 Å². The second kappa shape index (κ2) is 7.13. The number of benzene rings is 1. The van der Waals surface area contributed by atoms with Crippen molar-refractivity contribution >= 4 is 5.57 Å². The maximum absolute atomic E-state index is 4.07. The number of allylic oxidation sites excluding steroid dienone is 4. The van der Waals surface area contributed by atoms with Crippen molar-refractivity contribution in [3.63, 3.8) is 0 Å². The lowest BCUT2D eigenvalue weighted by Gasteiger charge is -2.21. The molecule has 0 spiro atoms. The van der Waals surface area contributed by atoms with Crippen LogP contribution >= 0.6 is 0 Å². The van der Waals surface area contributed by atoms with E-state index in [0.717, 1.165) is 11.5 Å². The predicted octanol–water partition coefficient (Wildman–Crippen LogP) is 5.56. The third-order valence-corrected chi connectivity index (χ3v) is 4.01. The highest BCUT2D eigenvalue weighted by Crippen LogP contribution is 2.27. The van der Waals surface area contributed by atoms with Gasteiger partial charge in [-0.15, -0.1) is 0 Å². The molecule has 0 N–H and O–H groups in total. The Morgan fingerprint density at radius 2 is 1.79 bits per heavy atom. The van der Waals surface area contributed by atoms with E-state index in [1.807, 2.05) is 12.2 Å². The fourth-order valence-electron chi connectivity index (χ4n) is 2.86. The molecule has 0 radical (unpaired) electrons. The van der Waals surface area contributed by atoms with E-state index < -0.39 is 0 Å². The van der Waals surface area contributed by atoms with Crippen molar-refractivity contribution in [2.24, 2.45) is 5.92 Å². The largest absolute Gasteiger partial charge is 0.0991 e. The zero-order chi connectivity index (χ0) is 13.5. The summed E-state index contributed by atoms with van der Waals surface area (Å²) in [5.41, 5.74) is 3.71. The number of rotatable bonds is 5. The highest BCUT2D eigenvalue weighted by Gasteiger charge is 2.13. The van der Waals surface area contributed by atoms with Crippen LogP contribution in [0.1, 0.15) is 43.2 Å². The van der Waals surface area contributed by atoms with Gasteiger partial charge in [-0.3, -0.25) is 0 Å². The molecule has 0 heterocycles. The molecule has 1 saturated carbocycles. The van der Waals surface area contributed by atoms with Crippen molar-refractivity contribution in [1.29, 1.82) is 0 Å². The van der Waals surface area contributed by atoms with Gasteiger partial charge in [0.05, 0.1) is 0 Å². The molecule has 0 aromatic heterocycles. The fourth-order valence-corrected chi connectivity index (χ4v) is 2.86. The molecule has 0 heteroatoms. The van der Waals surface area contributed by atoms with Gasteiger partial charge in [0.15, 0.2) is 0 Å². The highest BCUT2D eigenvalue weighted by atomic mass is 14.2. The number of hydrogen-bond acceptors (Lipinski definition) is 0. The first-order valence-electron chi connectivity index (χ1n) is 7.37. The molecule has 0 saturated heterocycles. The molecule has 1 fully saturated rings. The normalized spacial score (nSPS) is 16.6. The van der Waals surface area contributed by atoms with Gasteiger partial charge >= 0.3 is 0 Å². The molecule has 1 aromatic carbocycles. The van der Waals surface area contributed by atoms with Crippen LogP contribution < -0.4 is 0 Å². The second-order valence-corrected chi connectivity index (χ2v) is 5.53. The van der Waals surface area contributed by atoms with E-state index in [-0.39, 0.29) is 0 Å². The van der Waals surface area contributed by atoms with Gasteiger partial charge in [-0.1, -0.05) is 87.8 Å². The van der Waals surface area contributed by atoms with Crippen molar-refractivity contribution in [3.05, 3.63) is 66.8 Å². The standard InChI is InChI=1S/C19H24/c1-3-4-8-16(2)19-13-11-18(12-14-19)15-17-9-6-5-7-10-17/h3-4,8,11-14,17H,1-2,5-7,9-10,15H2/b8-4-. The zero-order valence-electron chi connectivity index (χ0n) is 11.8. The smallest absolute Gasteiger partial charge is 0.0190 e. The van der Waals surface area contributed by atoms with E-state index in [1.165, 1.54) is 49.7 Å². The van der Waals surface area contributed by atoms with E-state index in [2.05, 4.69) is 37.4 Å². The van der Waals surface area contributed by atoms with E-state index in [4.69, 9.17) is 0 Å². The maximum atomic E-state index is 4.07. The van der Waals surface area contributed by atoms with Crippen molar-refractivity contribution in [2.75, 3.05) is 0 Å². The minimum absolute atomic E-state index is 0.906. The van der Waals surface area contributed by atoms with Gasteiger partial charge in [0.25, 0.3) is 0 Å². The van der Waals surface area contributed by atoms with Crippen molar-refractivity contribution in [3.8, 4) is 0 Å². The zero-order valence-corrected chi connectivity index (χ0v) is 11.8. The Labute approximate surface area is 117 Å². The van der Waals surface area contributed by atoms with Gasteiger partial charge in [-0.05, 0) is 29.0 Å². The molecule has 1 aliphatic rings. The van der Waals surface area contributed by atoms with Crippen LogP contribution in [0.4, 0.5) is 0 Å². The van der Waals surface area contributed by atoms with Crippen molar-refractivity contribution in [2.45, 2.75) is 38.5 Å². The molecule has 0 amide bonds. The van der Waals surface area contributed by atoms with E-state index in [1.54, 1.807) is 6.08 Å². The molecule has 1 aliphatic carbocycles. The van der Waals surface area contributed by atoms with Crippen LogP contribution in [0, 0.1) is 5.92 Å². The van der Waals surface area contributed by atoms with Crippen LogP contribution in [-0.2, 0) is 6.42 Å². The molecule has 19 heavy (non-hydrogen) atoms. The lowest BCUT2D eigenvalue weighted by molar-refractivity contribution is 0.356. The van der Waals surface area contributed by atoms with Gasteiger partial charge < -0.3 is 0 Å². The Hall–Kier alpha value is -1.56. The lowest BCUT2D eigenvalue weighted by Crippen LogP contribution is -2.09. The van der Waals surface area contributed by atoms with Crippen LogP contribution in [0.5, 0.6) is 0 Å². The lowest BCUT2D eigenvalue weighted by atomic mass is 9.84. The average Bonchev–Trinajstić information content (AvgIpc) is 2.46. The third-order valence-electron chi connectivity index (χ3n) is 4.01. The summed E-state index contributed by atoms with van der Waals surface area (Å²) in [7, 11) is 0. The first-order chi connectivity index (χ1) is 9.29. The summed E-state index contributed by atoms with van der Waals surface area (Å²) in [6.45, 7) is 7.75. The molecule has 100 valence electrons. The number of hydrogen-bond donors (Lipinski definition) is 0. The summed E-state index contributed by atoms with van der Waals surface area (Å²) in [6, 6.07) is 8.90. The topological polar surface area (TPSA) is 0 Å². The van der Waals surface area contributed by atoms with Gasteiger partial charge in [0, 0.05) is 0 Å². The van der Waals surface area contributed by atoms with E-state index in [0.29, 0.717) is 0 Å². The summed E-state index contributed by atoms with van der Waals surface area (Å²) in [5.74, 6) is 0.906. The summed E-state index contributed by atoms with van der Waals surface area (Å²) in [5, 5.41) is 0. The summed E-state index contributed by atoms with van der Waals surface area (Å²) in [4.78, 5) is 0. The highest BCUT2D eigenvalue weighted by molar-refractivity contribution is 5.72. The van der Waals surface area contributed by atoms with Crippen molar-refractivity contribution in [1.82, 2.24) is 0 Å². The summed E-state index contributed by atoms with van der Waals surface area (Å²) < 4.78 is 0. The van der Waals surface area contributed by atoms with Crippen LogP contribution in [0.2, 0.25) is 0 Å². The van der Waals surface area contributed by atoms with Crippen LogP contribution in [0.25, 0.3) is 5.57 Å². The molecular weight excluding hydrogens is 228 g/mol. The maximum Gasteiger partial charge on any atom is -0.0190 e. The minimum Gasteiger partial charge on any atom is -0.0991 e. The molecule has 0 nitrogen and oxygen atoms in total. The fraction of sp³-hybridized carbons (Fsp3) is 0.368. The quantitative estimate of drug-likeness (QED) is 0.601. The average molecular weight is 252 g/mol.